The first-order chi connectivity index (χ1) is 10.5. The molecule has 1 amide bonds. The largest absolute Gasteiger partial charge is 0.484 e. The van der Waals surface area contributed by atoms with E-state index in [9.17, 15) is 9.59 Å². The molecular formula is C16H19N3O3. The van der Waals surface area contributed by atoms with Crippen molar-refractivity contribution in [3.05, 3.63) is 48.3 Å². The molecule has 6 nitrogen and oxygen atoms in total. The SMILES string of the molecule is CC(=O)c1cccc(OCC(=O)N[C@H](C)Cn2cccn2)c1. The number of nitrogens with zero attached hydrogens (tertiary/aromatic N) is 2. The quantitative estimate of drug-likeness (QED) is 0.790. The van der Waals surface area contributed by atoms with Crippen molar-refractivity contribution in [2.45, 2.75) is 26.4 Å². The average Bonchev–Trinajstić information content (AvgIpc) is 2.98. The van der Waals surface area contributed by atoms with Gasteiger partial charge in [-0.3, -0.25) is 14.3 Å². The molecule has 0 saturated carbocycles. The third-order valence-electron chi connectivity index (χ3n) is 3.04. The van der Waals surface area contributed by atoms with E-state index in [2.05, 4.69) is 10.4 Å². The van der Waals surface area contributed by atoms with Crippen LogP contribution in [0.1, 0.15) is 24.2 Å². The van der Waals surface area contributed by atoms with Crippen molar-refractivity contribution in [1.29, 1.82) is 0 Å². The highest BCUT2D eigenvalue weighted by Crippen LogP contribution is 2.13. The smallest absolute Gasteiger partial charge is 0.258 e. The van der Waals surface area contributed by atoms with Crippen molar-refractivity contribution in [2.75, 3.05) is 6.61 Å². The molecule has 1 aromatic carbocycles. The van der Waals surface area contributed by atoms with Crippen molar-refractivity contribution in [3.63, 3.8) is 0 Å². The molecule has 0 aliphatic carbocycles. The molecule has 0 spiro atoms. The van der Waals surface area contributed by atoms with Gasteiger partial charge in [0.2, 0.25) is 0 Å². The zero-order valence-corrected chi connectivity index (χ0v) is 12.7. The first kappa shape index (κ1) is 15.8. The number of carbonyl (C=O) groups excluding carboxylic acids is 2. The van der Waals surface area contributed by atoms with Gasteiger partial charge in [0.15, 0.2) is 12.4 Å². The molecule has 0 aliphatic heterocycles. The minimum atomic E-state index is -0.215. The number of aromatic nitrogens is 2. The van der Waals surface area contributed by atoms with Gasteiger partial charge in [0.25, 0.3) is 5.91 Å². The van der Waals surface area contributed by atoms with Crippen LogP contribution in [-0.4, -0.2) is 34.1 Å². The van der Waals surface area contributed by atoms with Gasteiger partial charge in [-0.25, -0.2) is 0 Å². The monoisotopic (exact) mass is 301 g/mol. The second kappa shape index (κ2) is 7.40. The fraction of sp³-hybridized carbons (Fsp3) is 0.312. The van der Waals surface area contributed by atoms with Crippen LogP contribution in [0.4, 0.5) is 0 Å². The Morgan fingerprint density at radius 3 is 2.86 bits per heavy atom. The van der Waals surface area contributed by atoms with Crippen LogP contribution in [0.2, 0.25) is 0 Å². The third kappa shape index (κ3) is 4.73. The predicted molar refractivity (Wildman–Crippen MR) is 81.8 cm³/mol. The van der Waals surface area contributed by atoms with Crippen LogP contribution in [0, 0.1) is 0 Å². The number of rotatable bonds is 7. The summed E-state index contributed by atoms with van der Waals surface area (Å²) < 4.78 is 7.16. The van der Waals surface area contributed by atoms with E-state index in [1.54, 1.807) is 35.1 Å². The third-order valence-corrected chi connectivity index (χ3v) is 3.04. The van der Waals surface area contributed by atoms with Crippen LogP contribution in [-0.2, 0) is 11.3 Å². The van der Waals surface area contributed by atoms with Crippen molar-refractivity contribution in [3.8, 4) is 5.75 Å². The molecule has 0 fully saturated rings. The molecule has 0 unspecified atom stereocenters. The van der Waals surface area contributed by atoms with E-state index in [4.69, 9.17) is 4.74 Å². The summed E-state index contributed by atoms with van der Waals surface area (Å²) in [6, 6.07) is 8.56. The average molecular weight is 301 g/mol. The number of ketones is 1. The first-order valence-electron chi connectivity index (χ1n) is 7.05. The zero-order chi connectivity index (χ0) is 15.9. The maximum Gasteiger partial charge on any atom is 0.258 e. The lowest BCUT2D eigenvalue weighted by Crippen LogP contribution is -2.38. The number of benzene rings is 1. The van der Waals surface area contributed by atoms with Gasteiger partial charge in [0.1, 0.15) is 5.75 Å². The van der Waals surface area contributed by atoms with E-state index in [0.29, 0.717) is 17.9 Å². The van der Waals surface area contributed by atoms with E-state index < -0.39 is 0 Å². The summed E-state index contributed by atoms with van der Waals surface area (Å²) in [6.45, 7) is 3.89. The number of ether oxygens (including phenoxy) is 1. The fourth-order valence-corrected chi connectivity index (χ4v) is 2.00. The molecular weight excluding hydrogens is 282 g/mol. The number of amides is 1. The number of Topliss-reactive ketones (excluding diaryl/α,β-unsaturated/α-hetero) is 1. The van der Waals surface area contributed by atoms with Gasteiger partial charge in [0, 0.05) is 24.0 Å². The zero-order valence-electron chi connectivity index (χ0n) is 12.7. The highest BCUT2D eigenvalue weighted by Gasteiger charge is 2.09. The van der Waals surface area contributed by atoms with E-state index >= 15 is 0 Å². The van der Waals surface area contributed by atoms with Crippen LogP contribution < -0.4 is 10.1 Å². The predicted octanol–water partition coefficient (Wildman–Crippen LogP) is 1.67. The molecule has 1 N–H and O–H groups in total. The van der Waals surface area contributed by atoms with Gasteiger partial charge in [-0.15, -0.1) is 0 Å². The number of nitrogens with one attached hydrogen (secondary N) is 1. The van der Waals surface area contributed by atoms with Gasteiger partial charge in [-0.1, -0.05) is 12.1 Å². The Kier molecular flexibility index (Phi) is 5.30. The van der Waals surface area contributed by atoms with Crippen molar-refractivity contribution in [2.24, 2.45) is 0 Å². The Morgan fingerprint density at radius 1 is 1.36 bits per heavy atom. The van der Waals surface area contributed by atoms with Crippen LogP contribution in [0.15, 0.2) is 42.7 Å². The van der Waals surface area contributed by atoms with Gasteiger partial charge in [-0.2, -0.15) is 5.10 Å². The molecule has 22 heavy (non-hydrogen) atoms. The minimum absolute atomic E-state index is 0.0391. The Hall–Kier alpha value is -2.63. The normalized spacial score (nSPS) is 11.7. The maximum atomic E-state index is 11.8. The van der Waals surface area contributed by atoms with Crippen molar-refractivity contribution < 1.29 is 14.3 Å². The van der Waals surface area contributed by atoms with Crippen LogP contribution in [0.25, 0.3) is 0 Å². The van der Waals surface area contributed by atoms with Gasteiger partial charge >= 0.3 is 0 Å². The number of hydrogen-bond acceptors (Lipinski definition) is 4. The standard InChI is InChI=1S/C16H19N3O3/c1-12(10-19-8-4-7-17-19)18-16(21)11-22-15-6-3-5-14(9-15)13(2)20/h3-9,12H,10-11H2,1-2H3,(H,18,21)/t12-/m1/s1. The fourth-order valence-electron chi connectivity index (χ4n) is 2.00. The second-order valence-corrected chi connectivity index (χ2v) is 5.07. The van der Waals surface area contributed by atoms with Gasteiger partial charge in [0.05, 0.1) is 6.54 Å². The number of hydrogen-bond donors (Lipinski definition) is 1. The Balaban J connectivity index is 1.80. The van der Waals surface area contributed by atoms with Crippen LogP contribution >= 0.6 is 0 Å². The molecule has 116 valence electrons. The molecule has 2 aromatic rings. The Morgan fingerprint density at radius 2 is 2.18 bits per heavy atom. The lowest BCUT2D eigenvalue weighted by molar-refractivity contribution is -0.123. The Labute approximate surface area is 129 Å². The molecule has 2 rings (SSSR count). The lowest BCUT2D eigenvalue weighted by atomic mass is 10.1. The van der Waals surface area contributed by atoms with Crippen molar-refractivity contribution >= 4 is 11.7 Å². The second-order valence-electron chi connectivity index (χ2n) is 5.07. The summed E-state index contributed by atoms with van der Waals surface area (Å²) in [5.74, 6) is 0.248. The molecule has 0 saturated heterocycles. The van der Waals surface area contributed by atoms with Gasteiger partial charge < -0.3 is 10.1 Å². The maximum absolute atomic E-state index is 11.8. The lowest BCUT2D eigenvalue weighted by Gasteiger charge is -2.14. The van der Waals surface area contributed by atoms with Gasteiger partial charge in [-0.05, 0) is 32.0 Å². The number of carbonyl (C=O) groups is 2. The molecule has 0 radical (unpaired) electrons. The first-order valence-corrected chi connectivity index (χ1v) is 7.05. The molecule has 6 heteroatoms. The summed E-state index contributed by atoms with van der Waals surface area (Å²) in [5, 5.41) is 6.92. The molecule has 1 aromatic heterocycles. The summed E-state index contributed by atoms with van der Waals surface area (Å²) in [6.07, 6.45) is 3.53. The minimum Gasteiger partial charge on any atom is -0.484 e. The van der Waals surface area contributed by atoms with Crippen LogP contribution in [0.5, 0.6) is 5.75 Å². The summed E-state index contributed by atoms with van der Waals surface area (Å²) in [7, 11) is 0. The van der Waals surface area contributed by atoms with E-state index in [0.717, 1.165) is 0 Å². The van der Waals surface area contributed by atoms with E-state index in [1.807, 2.05) is 19.2 Å². The molecule has 1 heterocycles. The molecule has 1 atom stereocenters. The topological polar surface area (TPSA) is 73.2 Å². The highest BCUT2D eigenvalue weighted by atomic mass is 16.5. The van der Waals surface area contributed by atoms with Crippen LogP contribution in [0.3, 0.4) is 0 Å². The summed E-state index contributed by atoms with van der Waals surface area (Å²) in [5.41, 5.74) is 0.560. The molecule has 0 aliphatic rings. The van der Waals surface area contributed by atoms with Crippen molar-refractivity contribution in [1.82, 2.24) is 15.1 Å². The summed E-state index contributed by atoms with van der Waals surface area (Å²) in [4.78, 5) is 23.1. The van der Waals surface area contributed by atoms with E-state index in [-0.39, 0.29) is 24.3 Å². The summed E-state index contributed by atoms with van der Waals surface area (Å²) >= 11 is 0. The molecule has 0 bridgehead atoms. The van der Waals surface area contributed by atoms with E-state index in [1.165, 1.54) is 6.92 Å². The Bertz CT molecular complexity index is 638. The highest BCUT2D eigenvalue weighted by molar-refractivity contribution is 5.94.